The van der Waals surface area contributed by atoms with Crippen molar-refractivity contribution in [2.75, 3.05) is 6.61 Å². The summed E-state index contributed by atoms with van der Waals surface area (Å²) in [5.74, 6) is 1.39. The van der Waals surface area contributed by atoms with Crippen molar-refractivity contribution in [1.82, 2.24) is 0 Å². The van der Waals surface area contributed by atoms with Gasteiger partial charge in [0.05, 0.1) is 12.2 Å². The summed E-state index contributed by atoms with van der Waals surface area (Å²) in [5.41, 5.74) is 2.64. The molecule has 2 aromatic rings. The normalized spacial score (nSPS) is 10.9. The minimum absolute atomic E-state index is 0.293. The molecule has 3 nitrogen and oxygen atoms in total. The van der Waals surface area contributed by atoms with Crippen LogP contribution in [0.5, 0.6) is 11.5 Å². The van der Waals surface area contributed by atoms with E-state index in [0.29, 0.717) is 23.8 Å². The first kappa shape index (κ1) is 21.0. The lowest BCUT2D eigenvalue weighted by atomic mass is 10.0. The number of hydrogen-bond acceptors (Lipinski definition) is 3. The number of carbonyl (C=O) groups is 1. The highest BCUT2D eigenvalue weighted by Crippen LogP contribution is 2.28. The van der Waals surface area contributed by atoms with E-state index in [1.165, 1.54) is 25.7 Å². The van der Waals surface area contributed by atoms with Crippen LogP contribution in [-0.2, 0) is 0 Å². The van der Waals surface area contributed by atoms with Gasteiger partial charge in [-0.25, -0.2) is 4.79 Å². The maximum absolute atomic E-state index is 12.5. The van der Waals surface area contributed by atoms with Gasteiger partial charge in [0.25, 0.3) is 0 Å². The standard InChI is InChI=1S/C24H32O3/c1-5-6-7-8-9-16-26-21-13-11-20(12-14-21)24(25)27-23-17-19(4)10-15-22(23)18(2)3/h10-15,17-18H,5-9,16H2,1-4H3. The smallest absolute Gasteiger partial charge is 0.343 e. The van der Waals surface area contributed by atoms with Crippen LogP contribution >= 0.6 is 0 Å². The molecule has 0 unspecified atom stereocenters. The molecule has 0 spiro atoms. The summed E-state index contributed by atoms with van der Waals surface area (Å²) in [6.07, 6.45) is 6.07. The number of rotatable bonds is 10. The molecule has 0 atom stereocenters. The Morgan fingerprint density at radius 1 is 0.963 bits per heavy atom. The van der Waals surface area contributed by atoms with Crippen LogP contribution in [0.25, 0.3) is 0 Å². The van der Waals surface area contributed by atoms with Crippen molar-refractivity contribution < 1.29 is 14.3 Å². The van der Waals surface area contributed by atoms with Gasteiger partial charge in [0, 0.05) is 0 Å². The quantitative estimate of drug-likeness (QED) is 0.266. The number of hydrogen-bond donors (Lipinski definition) is 0. The minimum atomic E-state index is -0.339. The second-order valence-corrected chi connectivity index (χ2v) is 7.37. The highest BCUT2D eigenvalue weighted by molar-refractivity contribution is 5.91. The van der Waals surface area contributed by atoms with Crippen molar-refractivity contribution in [3.05, 3.63) is 59.2 Å². The predicted molar refractivity (Wildman–Crippen MR) is 111 cm³/mol. The van der Waals surface area contributed by atoms with Gasteiger partial charge in [0.2, 0.25) is 0 Å². The Hall–Kier alpha value is -2.29. The van der Waals surface area contributed by atoms with E-state index >= 15 is 0 Å². The predicted octanol–water partition coefficient (Wildman–Crippen LogP) is 6.69. The summed E-state index contributed by atoms with van der Waals surface area (Å²) in [4.78, 5) is 12.5. The summed E-state index contributed by atoms with van der Waals surface area (Å²) < 4.78 is 11.4. The molecule has 27 heavy (non-hydrogen) atoms. The molecular weight excluding hydrogens is 336 g/mol. The lowest BCUT2D eigenvalue weighted by Gasteiger charge is -2.14. The summed E-state index contributed by atoms with van der Waals surface area (Å²) in [6, 6.07) is 13.2. The first-order chi connectivity index (χ1) is 13.0. The van der Waals surface area contributed by atoms with Crippen LogP contribution in [0.4, 0.5) is 0 Å². The Morgan fingerprint density at radius 2 is 1.67 bits per heavy atom. The molecule has 0 amide bonds. The number of aryl methyl sites for hydroxylation is 1. The Bertz CT molecular complexity index is 717. The minimum Gasteiger partial charge on any atom is -0.494 e. The van der Waals surface area contributed by atoms with E-state index < -0.39 is 0 Å². The van der Waals surface area contributed by atoms with Gasteiger partial charge in [-0.2, -0.15) is 0 Å². The molecule has 2 aromatic carbocycles. The molecule has 0 aliphatic rings. The van der Waals surface area contributed by atoms with Gasteiger partial charge in [0.1, 0.15) is 11.5 Å². The molecule has 0 N–H and O–H groups in total. The monoisotopic (exact) mass is 368 g/mol. The lowest BCUT2D eigenvalue weighted by molar-refractivity contribution is 0.0732. The second-order valence-electron chi connectivity index (χ2n) is 7.37. The van der Waals surface area contributed by atoms with Gasteiger partial charge in [-0.05, 0) is 60.7 Å². The number of carbonyl (C=O) groups excluding carboxylic acids is 1. The molecule has 0 heterocycles. The average molecular weight is 369 g/mol. The summed E-state index contributed by atoms with van der Waals surface area (Å²) in [5, 5.41) is 0. The van der Waals surface area contributed by atoms with Crippen molar-refractivity contribution >= 4 is 5.97 Å². The summed E-state index contributed by atoms with van der Waals surface area (Å²) >= 11 is 0. The summed E-state index contributed by atoms with van der Waals surface area (Å²) in [7, 11) is 0. The SMILES string of the molecule is CCCCCCCOc1ccc(C(=O)Oc2cc(C)ccc2C(C)C)cc1. The third kappa shape index (κ3) is 6.74. The van der Waals surface area contributed by atoms with Gasteiger partial charge in [-0.3, -0.25) is 0 Å². The molecule has 0 saturated heterocycles. The van der Waals surface area contributed by atoms with Gasteiger partial charge < -0.3 is 9.47 Å². The maximum atomic E-state index is 12.5. The van der Waals surface area contributed by atoms with Crippen LogP contribution in [-0.4, -0.2) is 12.6 Å². The van der Waals surface area contributed by atoms with Crippen LogP contribution in [0.15, 0.2) is 42.5 Å². The zero-order chi connectivity index (χ0) is 19.6. The third-order valence-electron chi connectivity index (χ3n) is 4.60. The number of esters is 1. The second kappa shape index (κ2) is 10.8. The fourth-order valence-electron chi connectivity index (χ4n) is 2.95. The molecular formula is C24H32O3. The van der Waals surface area contributed by atoms with E-state index in [2.05, 4.69) is 20.8 Å². The van der Waals surface area contributed by atoms with Crippen LogP contribution in [0.2, 0.25) is 0 Å². The van der Waals surface area contributed by atoms with Crippen molar-refractivity contribution in [3.8, 4) is 11.5 Å². The van der Waals surface area contributed by atoms with Crippen LogP contribution in [0.3, 0.4) is 0 Å². The van der Waals surface area contributed by atoms with Crippen LogP contribution in [0, 0.1) is 6.92 Å². The molecule has 0 radical (unpaired) electrons. The van der Waals surface area contributed by atoms with Crippen LogP contribution < -0.4 is 9.47 Å². The average Bonchev–Trinajstić information content (AvgIpc) is 2.65. The topological polar surface area (TPSA) is 35.5 Å². The number of unbranched alkanes of at least 4 members (excludes halogenated alkanes) is 4. The van der Waals surface area contributed by atoms with Gasteiger partial charge in [-0.15, -0.1) is 0 Å². The third-order valence-corrected chi connectivity index (χ3v) is 4.60. The molecule has 146 valence electrons. The molecule has 0 aromatic heterocycles. The lowest BCUT2D eigenvalue weighted by Crippen LogP contribution is -2.10. The highest BCUT2D eigenvalue weighted by Gasteiger charge is 2.14. The fraction of sp³-hybridized carbons (Fsp3) is 0.458. The van der Waals surface area contributed by atoms with E-state index in [-0.39, 0.29) is 5.97 Å². The maximum Gasteiger partial charge on any atom is 0.343 e. The Balaban J connectivity index is 1.91. The van der Waals surface area contributed by atoms with E-state index in [1.807, 2.05) is 37.3 Å². The molecule has 0 bridgehead atoms. The highest BCUT2D eigenvalue weighted by atomic mass is 16.5. The largest absolute Gasteiger partial charge is 0.494 e. The first-order valence-corrected chi connectivity index (χ1v) is 10.1. The zero-order valence-electron chi connectivity index (χ0n) is 17.1. The fourth-order valence-corrected chi connectivity index (χ4v) is 2.95. The zero-order valence-corrected chi connectivity index (χ0v) is 17.1. The van der Waals surface area contributed by atoms with Crippen molar-refractivity contribution in [3.63, 3.8) is 0 Å². The molecule has 0 aliphatic carbocycles. The summed E-state index contributed by atoms with van der Waals surface area (Å²) in [6.45, 7) is 9.11. The Labute approximate surface area is 163 Å². The van der Waals surface area contributed by atoms with Crippen molar-refractivity contribution in [1.29, 1.82) is 0 Å². The van der Waals surface area contributed by atoms with Crippen LogP contribution in [0.1, 0.15) is 80.3 Å². The molecule has 0 fully saturated rings. The Morgan fingerprint density at radius 3 is 2.33 bits per heavy atom. The van der Waals surface area contributed by atoms with Crippen molar-refractivity contribution in [2.45, 2.75) is 65.7 Å². The van der Waals surface area contributed by atoms with E-state index in [9.17, 15) is 4.79 Å². The van der Waals surface area contributed by atoms with Gasteiger partial charge in [-0.1, -0.05) is 58.6 Å². The first-order valence-electron chi connectivity index (χ1n) is 10.1. The van der Waals surface area contributed by atoms with E-state index in [0.717, 1.165) is 23.3 Å². The Kier molecular flexibility index (Phi) is 8.38. The molecule has 3 heteroatoms. The number of ether oxygens (including phenoxy) is 2. The number of benzene rings is 2. The molecule has 2 rings (SSSR count). The molecule has 0 aliphatic heterocycles. The van der Waals surface area contributed by atoms with Gasteiger partial charge in [0.15, 0.2) is 0 Å². The van der Waals surface area contributed by atoms with Gasteiger partial charge >= 0.3 is 5.97 Å². The molecule has 0 saturated carbocycles. The van der Waals surface area contributed by atoms with E-state index in [4.69, 9.17) is 9.47 Å². The van der Waals surface area contributed by atoms with E-state index in [1.54, 1.807) is 12.1 Å². The van der Waals surface area contributed by atoms with Crippen molar-refractivity contribution in [2.24, 2.45) is 0 Å².